The van der Waals surface area contributed by atoms with Gasteiger partial charge < -0.3 is 0 Å². The lowest BCUT2D eigenvalue weighted by atomic mass is 9.54. The molecule has 0 amide bonds. The third kappa shape index (κ3) is 2.52. The van der Waals surface area contributed by atoms with Crippen LogP contribution >= 0.6 is 0 Å². The highest BCUT2D eigenvalue weighted by molar-refractivity contribution is 5.49. The van der Waals surface area contributed by atoms with Crippen LogP contribution in [0.25, 0.3) is 6.08 Å². The molecule has 0 nitrogen and oxygen atoms in total. The van der Waals surface area contributed by atoms with Crippen LogP contribution in [-0.4, -0.2) is 0 Å². The van der Waals surface area contributed by atoms with E-state index in [-0.39, 0.29) is 0 Å². The maximum Gasteiger partial charge on any atom is -0.0173 e. The topological polar surface area (TPSA) is 0 Å². The van der Waals surface area contributed by atoms with Crippen molar-refractivity contribution in [1.29, 1.82) is 0 Å². The smallest absolute Gasteiger partial charge is 0.0173 e. The van der Waals surface area contributed by atoms with Gasteiger partial charge in [0.1, 0.15) is 0 Å². The summed E-state index contributed by atoms with van der Waals surface area (Å²) in [5.41, 5.74) is 1.73. The predicted octanol–water partition coefficient (Wildman–Crippen LogP) is 4.94. The summed E-state index contributed by atoms with van der Waals surface area (Å²) in [5, 5.41) is 0. The van der Waals surface area contributed by atoms with Gasteiger partial charge in [0, 0.05) is 0 Å². The van der Waals surface area contributed by atoms with E-state index in [0.717, 1.165) is 12.3 Å². The number of rotatable bonds is 4. The van der Waals surface area contributed by atoms with E-state index < -0.39 is 0 Å². The van der Waals surface area contributed by atoms with Crippen molar-refractivity contribution in [3.8, 4) is 0 Å². The zero-order chi connectivity index (χ0) is 12.3. The molecule has 0 aromatic heterocycles. The lowest BCUT2D eigenvalue weighted by Crippen LogP contribution is -2.43. The highest BCUT2D eigenvalue weighted by atomic mass is 14.5. The first-order valence-corrected chi connectivity index (χ1v) is 6.48. The molecule has 0 heterocycles. The second-order valence-electron chi connectivity index (χ2n) is 5.65. The quantitative estimate of drug-likeness (QED) is 0.638. The fourth-order valence-electron chi connectivity index (χ4n) is 2.78. The molecular formula is C17H22. The fourth-order valence-corrected chi connectivity index (χ4v) is 2.78. The van der Waals surface area contributed by atoms with Crippen LogP contribution in [0.3, 0.4) is 0 Å². The molecule has 1 aliphatic rings. The summed E-state index contributed by atoms with van der Waals surface area (Å²) < 4.78 is 0. The fraction of sp³-hybridized carbons (Fsp3) is 0.412. The SMILES string of the molecule is C=CC[C@H]1C[C@@H](/C=C/c2ccccc2)C1(C)C. The van der Waals surface area contributed by atoms with Crippen LogP contribution in [0.2, 0.25) is 0 Å². The number of benzene rings is 1. The van der Waals surface area contributed by atoms with E-state index in [1.165, 1.54) is 12.0 Å². The van der Waals surface area contributed by atoms with Crippen LogP contribution in [0, 0.1) is 17.3 Å². The lowest BCUT2D eigenvalue weighted by Gasteiger charge is -2.51. The van der Waals surface area contributed by atoms with Gasteiger partial charge in [-0.3, -0.25) is 0 Å². The summed E-state index contributed by atoms with van der Waals surface area (Å²) >= 11 is 0. The Balaban J connectivity index is 1.98. The maximum atomic E-state index is 3.85. The third-order valence-electron chi connectivity index (χ3n) is 4.32. The molecule has 0 radical (unpaired) electrons. The van der Waals surface area contributed by atoms with Crippen LogP contribution in [0.15, 0.2) is 49.1 Å². The van der Waals surface area contributed by atoms with Crippen LogP contribution < -0.4 is 0 Å². The van der Waals surface area contributed by atoms with Gasteiger partial charge in [-0.1, -0.05) is 62.4 Å². The summed E-state index contributed by atoms with van der Waals surface area (Å²) in [5.74, 6) is 1.53. The largest absolute Gasteiger partial charge is 0.103 e. The summed E-state index contributed by atoms with van der Waals surface area (Å²) in [6.07, 6.45) is 9.17. The van der Waals surface area contributed by atoms with Crippen molar-refractivity contribution in [1.82, 2.24) is 0 Å². The van der Waals surface area contributed by atoms with Crippen LogP contribution in [-0.2, 0) is 0 Å². The average molecular weight is 226 g/mol. The molecule has 2 rings (SSSR count). The third-order valence-corrected chi connectivity index (χ3v) is 4.32. The average Bonchev–Trinajstić information content (AvgIpc) is 2.34. The van der Waals surface area contributed by atoms with Crippen molar-refractivity contribution < 1.29 is 0 Å². The van der Waals surface area contributed by atoms with Crippen molar-refractivity contribution in [2.45, 2.75) is 26.7 Å². The standard InChI is InChI=1S/C17H22/c1-4-8-15-13-16(17(15,2)3)12-11-14-9-6-5-7-10-14/h4-7,9-12,15-16H,1,8,13H2,2-3H3/b12-11+/t15-,16+/m0/s1. The van der Waals surface area contributed by atoms with Crippen molar-refractivity contribution in [3.05, 3.63) is 54.6 Å². The molecule has 0 spiro atoms. The van der Waals surface area contributed by atoms with E-state index in [0.29, 0.717) is 11.3 Å². The van der Waals surface area contributed by atoms with Crippen LogP contribution in [0.1, 0.15) is 32.3 Å². The summed E-state index contributed by atoms with van der Waals surface area (Å²) in [4.78, 5) is 0. The van der Waals surface area contributed by atoms with Crippen LogP contribution in [0.5, 0.6) is 0 Å². The first kappa shape index (κ1) is 12.2. The normalized spacial score (nSPS) is 26.7. The minimum atomic E-state index is 0.430. The van der Waals surface area contributed by atoms with E-state index in [1.807, 2.05) is 0 Å². The number of hydrogen-bond donors (Lipinski definition) is 0. The van der Waals surface area contributed by atoms with Gasteiger partial charge in [0.05, 0.1) is 0 Å². The molecule has 0 N–H and O–H groups in total. The minimum Gasteiger partial charge on any atom is -0.103 e. The van der Waals surface area contributed by atoms with E-state index in [4.69, 9.17) is 0 Å². The Labute approximate surface area is 105 Å². The van der Waals surface area contributed by atoms with Gasteiger partial charge in [-0.15, -0.1) is 6.58 Å². The molecular weight excluding hydrogens is 204 g/mol. The van der Waals surface area contributed by atoms with E-state index in [9.17, 15) is 0 Å². The van der Waals surface area contributed by atoms with Gasteiger partial charge in [-0.05, 0) is 35.7 Å². The first-order chi connectivity index (χ1) is 8.14. The molecule has 17 heavy (non-hydrogen) atoms. The van der Waals surface area contributed by atoms with Gasteiger partial charge in [0.2, 0.25) is 0 Å². The van der Waals surface area contributed by atoms with E-state index >= 15 is 0 Å². The Kier molecular flexibility index (Phi) is 3.51. The highest BCUT2D eigenvalue weighted by Crippen LogP contribution is 2.53. The molecule has 0 heteroatoms. The Morgan fingerprint density at radius 3 is 2.59 bits per heavy atom. The summed E-state index contributed by atoms with van der Waals surface area (Å²) in [6.45, 7) is 8.61. The zero-order valence-electron chi connectivity index (χ0n) is 10.9. The molecule has 1 saturated carbocycles. The molecule has 1 fully saturated rings. The summed E-state index contributed by atoms with van der Waals surface area (Å²) in [7, 11) is 0. The number of hydrogen-bond acceptors (Lipinski definition) is 0. The molecule has 0 saturated heterocycles. The highest BCUT2D eigenvalue weighted by Gasteiger charge is 2.45. The van der Waals surface area contributed by atoms with Gasteiger partial charge in [0.25, 0.3) is 0 Å². The molecule has 0 unspecified atom stereocenters. The second-order valence-corrected chi connectivity index (χ2v) is 5.65. The molecule has 2 atom stereocenters. The minimum absolute atomic E-state index is 0.430. The van der Waals surface area contributed by atoms with Crippen molar-refractivity contribution in [2.75, 3.05) is 0 Å². The predicted molar refractivity (Wildman–Crippen MR) is 75.7 cm³/mol. The van der Waals surface area contributed by atoms with Gasteiger partial charge in [0.15, 0.2) is 0 Å². The van der Waals surface area contributed by atoms with Crippen molar-refractivity contribution in [2.24, 2.45) is 17.3 Å². The van der Waals surface area contributed by atoms with Gasteiger partial charge in [-0.2, -0.15) is 0 Å². The van der Waals surface area contributed by atoms with Crippen molar-refractivity contribution >= 4 is 6.08 Å². The summed E-state index contributed by atoms with van der Waals surface area (Å²) in [6, 6.07) is 10.6. The van der Waals surface area contributed by atoms with Crippen molar-refractivity contribution in [3.63, 3.8) is 0 Å². The Morgan fingerprint density at radius 1 is 1.29 bits per heavy atom. The lowest BCUT2D eigenvalue weighted by molar-refractivity contribution is 0.0146. The van der Waals surface area contributed by atoms with E-state index in [2.05, 4.69) is 69.0 Å². The molecule has 0 bridgehead atoms. The molecule has 1 aromatic rings. The first-order valence-electron chi connectivity index (χ1n) is 6.48. The molecule has 1 aromatic carbocycles. The Bertz CT molecular complexity index is 397. The van der Waals surface area contributed by atoms with Gasteiger partial charge in [-0.25, -0.2) is 0 Å². The molecule has 90 valence electrons. The van der Waals surface area contributed by atoms with Gasteiger partial charge >= 0.3 is 0 Å². The monoisotopic (exact) mass is 226 g/mol. The Hall–Kier alpha value is -1.30. The number of allylic oxidation sites excluding steroid dienone is 2. The Morgan fingerprint density at radius 2 is 2.00 bits per heavy atom. The maximum absolute atomic E-state index is 3.85. The zero-order valence-corrected chi connectivity index (χ0v) is 10.9. The second kappa shape index (κ2) is 4.91. The van der Waals surface area contributed by atoms with E-state index in [1.54, 1.807) is 0 Å². The molecule has 0 aliphatic heterocycles. The molecule has 1 aliphatic carbocycles. The van der Waals surface area contributed by atoms with Crippen LogP contribution in [0.4, 0.5) is 0 Å².